The zero-order chi connectivity index (χ0) is 26.6. The quantitative estimate of drug-likeness (QED) is 0.371. The fourth-order valence-corrected chi connectivity index (χ4v) is 5.48. The van der Waals surface area contributed by atoms with Gasteiger partial charge < -0.3 is 4.90 Å². The summed E-state index contributed by atoms with van der Waals surface area (Å²) in [4.78, 5) is 44.0. The minimum atomic E-state index is -0.362. The molecule has 2 aliphatic rings. The van der Waals surface area contributed by atoms with Crippen LogP contribution < -0.4 is 0 Å². The van der Waals surface area contributed by atoms with E-state index in [0.29, 0.717) is 34.1 Å². The van der Waals surface area contributed by atoms with Crippen LogP contribution in [0.5, 0.6) is 0 Å². The molecule has 2 fully saturated rings. The van der Waals surface area contributed by atoms with E-state index in [9.17, 15) is 18.8 Å². The summed E-state index contributed by atoms with van der Waals surface area (Å²) in [5, 5.41) is 0.164. The van der Waals surface area contributed by atoms with Crippen molar-refractivity contribution < 1.29 is 18.8 Å². The Morgan fingerprint density at radius 2 is 1.58 bits per heavy atom. The maximum atomic E-state index is 13.1. The Labute approximate surface area is 229 Å². The zero-order valence-corrected chi connectivity index (χ0v) is 22.1. The van der Waals surface area contributed by atoms with Crippen molar-refractivity contribution in [3.05, 3.63) is 111 Å². The third-order valence-electron chi connectivity index (χ3n) is 6.59. The van der Waals surface area contributed by atoms with E-state index in [1.54, 1.807) is 60.7 Å². The topological polar surface area (TPSA) is 60.9 Å². The van der Waals surface area contributed by atoms with Gasteiger partial charge in [-0.05, 0) is 64.9 Å². The highest BCUT2D eigenvalue weighted by molar-refractivity contribution is 8.18. The second kappa shape index (κ2) is 11.5. The molecule has 38 heavy (non-hydrogen) atoms. The molecular weight excluding hydrogens is 525 g/mol. The Bertz CT molecular complexity index is 1390. The summed E-state index contributed by atoms with van der Waals surface area (Å²) < 4.78 is 13.1. The zero-order valence-electron chi connectivity index (χ0n) is 20.5. The molecule has 2 heterocycles. The maximum absolute atomic E-state index is 13.1. The van der Waals surface area contributed by atoms with Crippen molar-refractivity contribution in [1.29, 1.82) is 0 Å². The molecule has 0 unspecified atom stereocenters. The van der Waals surface area contributed by atoms with Crippen LogP contribution in [0.4, 0.5) is 9.18 Å². The van der Waals surface area contributed by atoms with Gasteiger partial charge in [-0.1, -0.05) is 54.1 Å². The van der Waals surface area contributed by atoms with Gasteiger partial charge in [0.05, 0.1) is 11.4 Å². The number of nitrogens with zero attached hydrogens (tertiary/aromatic N) is 3. The Balaban J connectivity index is 1.17. The van der Waals surface area contributed by atoms with Crippen LogP contribution in [-0.4, -0.2) is 57.9 Å². The first kappa shape index (κ1) is 26.2. The second-order valence-corrected chi connectivity index (χ2v) is 10.6. The molecule has 9 heteroatoms. The van der Waals surface area contributed by atoms with Crippen molar-refractivity contribution in [3.8, 4) is 0 Å². The van der Waals surface area contributed by atoms with E-state index in [1.165, 1.54) is 17.0 Å². The van der Waals surface area contributed by atoms with Gasteiger partial charge in [0.2, 0.25) is 0 Å². The van der Waals surface area contributed by atoms with Crippen molar-refractivity contribution in [2.45, 2.75) is 13.1 Å². The summed E-state index contributed by atoms with van der Waals surface area (Å²) >= 11 is 7.08. The van der Waals surface area contributed by atoms with Crippen LogP contribution in [0.3, 0.4) is 0 Å². The largest absolute Gasteiger partial charge is 0.336 e. The second-order valence-electron chi connectivity index (χ2n) is 9.18. The first-order chi connectivity index (χ1) is 18.4. The van der Waals surface area contributed by atoms with E-state index in [0.717, 1.165) is 42.5 Å². The SMILES string of the molecule is O=C(c1ccc(/C=C2\SC(=O)N(Cc3ccccc3Cl)C2=O)cc1)N1CCN(Cc2ccc(F)cc2)CC1. The van der Waals surface area contributed by atoms with Crippen molar-refractivity contribution >= 4 is 46.5 Å². The van der Waals surface area contributed by atoms with Gasteiger partial charge >= 0.3 is 0 Å². The summed E-state index contributed by atoms with van der Waals surface area (Å²) in [7, 11) is 0. The molecule has 0 aromatic heterocycles. The minimum absolute atomic E-state index is 0.0435. The molecule has 0 atom stereocenters. The lowest BCUT2D eigenvalue weighted by Gasteiger charge is -2.34. The van der Waals surface area contributed by atoms with Gasteiger partial charge in [-0.3, -0.25) is 24.2 Å². The molecule has 2 aliphatic heterocycles. The summed E-state index contributed by atoms with van der Waals surface area (Å²) in [6, 6.07) is 20.7. The molecular formula is C29H25ClFN3O3S. The first-order valence-electron chi connectivity index (χ1n) is 12.2. The number of rotatable bonds is 6. The number of benzene rings is 3. The monoisotopic (exact) mass is 549 g/mol. The van der Waals surface area contributed by atoms with Crippen LogP contribution in [0.25, 0.3) is 6.08 Å². The number of thioether (sulfide) groups is 1. The number of hydrogen-bond donors (Lipinski definition) is 0. The summed E-state index contributed by atoms with van der Waals surface area (Å²) in [6.45, 7) is 3.55. The smallest absolute Gasteiger partial charge is 0.293 e. The van der Waals surface area contributed by atoms with Gasteiger partial charge in [-0.25, -0.2) is 4.39 Å². The van der Waals surface area contributed by atoms with Gasteiger partial charge in [0.1, 0.15) is 5.82 Å². The summed E-state index contributed by atoms with van der Waals surface area (Å²) in [6.07, 6.45) is 1.67. The van der Waals surface area contributed by atoms with Crippen LogP contribution >= 0.6 is 23.4 Å². The van der Waals surface area contributed by atoms with Gasteiger partial charge in [0.15, 0.2) is 0 Å². The van der Waals surface area contributed by atoms with Crippen LogP contribution in [-0.2, 0) is 17.9 Å². The number of hydrogen-bond acceptors (Lipinski definition) is 5. The van der Waals surface area contributed by atoms with Crippen molar-refractivity contribution in [1.82, 2.24) is 14.7 Å². The normalized spacial score (nSPS) is 17.5. The Morgan fingerprint density at radius 3 is 2.26 bits per heavy atom. The molecule has 0 bridgehead atoms. The molecule has 194 valence electrons. The third-order valence-corrected chi connectivity index (χ3v) is 7.87. The summed E-state index contributed by atoms with van der Waals surface area (Å²) in [5.41, 5.74) is 3.05. The lowest BCUT2D eigenvalue weighted by Crippen LogP contribution is -2.48. The predicted octanol–water partition coefficient (Wildman–Crippen LogP) is 5.67. The van der Waals surface area contributed by atoms with Crippen LogP contribution in [0.15, 0.2) is 77.7 Å². The Kier molecular flexibility index (Phi) is 7.93. The molecule has 0 radical (unpaired) electrons. The standard InChI is InChI=1S/C29H25ClFN3O3S/c30-25-4-2-1-3-23(25)19-34-28(36)26(38-29(34)37)17-20-5-9-22(10-6-20)27(35)33-15-13-32(14-16-33)18-21-7-11-24(31)12-8-21/h1-12,17H,13-16,18-19H2/b26-17-. The average Bonchev–Trinajstić information content (AvgIpc) is 3.19. The summed E-state index contributed by atoms with van der Waals surface area (Å²) in [5.74, 6) is -0.652. The van der Waals surface area contributed by atoms with Gasteiger partial charge in [-0.15, -0.1) is 0 Å². The highest BCUT2D eigenvalue weighted by Crippen LogP contribution is 2.34. The van der Waals surface area contributed by atoms with Crippen LogP contribution in [0.2, 0.25) is 5.02 Å². The number of carbonyl (C=O) groups excluding carboxylic acids is 3. The molecule has 0 spiro atoms. The molecule has 5 rings (SSSR count). The van der Waals surface area contributed by atoms with E-state index in [2.05, 4.69) is 4.90 Å². The number of piperazine rings is 1. The number of carbonyl (C=O) groups is 3. The number of halogens is 2. The third kappa shape index (κ3) is 5.99. The fourth-order valence-electron chi connectivity index (χ4n) is 4.45. The van der Waals surface area contributed by atoms with Crippen molar-refractivity contribution in [2.24, 2.45) is 0 Å². The average molecular weight is 550 g/mol. The van der Waals surface area contributed by atoms with E-state index >= 15 is 0 Å². The lowest BCUT2D eigenvalue weighted by atomic mass is 10.1. The molecule has 3 aromatic rings. The van der Waals surface area contributed by atoms with E-state index in [4.69, 9.17) is 11.6 Å². The minimum Gasteiger partial charge on any atom is -0.336 e. The number of amides is 3. The molecule has 0 saturated carbocycles. The van der Waals surface area contributed by atoms with Gasteiger partial charge in [0, 0.05) is 43.3 Å². The van der Waals surface area contributed by atoms with E-state index in [1.807, 2.05) is 11.0 Å². The van der Waals surface area contributed by atoms with Gasteiger partial charge in [0.25, 0.3) is 17.1 Å². The highest BCUT2D eigenvalue weighted by atomic mass is 35.5. The number of imide groups is 1. The maximum Gasteiger partial charge on any atom is 0.293 e. The molecule has 2 saturated heterocycles. The molecule has 6 nitrogen and oxygen atoms in total. The highest BCUT2D eigenvalue weighted by Gasteiger charge is 2.35. The fraction of sp³-hybridized carbons (Fsp3) is 0.207. The van der Waals surface area contributed by atoms with Crippen molar-refractivity contribution in [2.75, 3.05) is 26.2 Å². The molecule has 0 N–H and O–H groups in total. The van der Waals surface area contributed by atoms with E-state index in [-0.39, 0.29) is 29.4 Å². The van der Waals surface area contributed by atoms with Crippen LogP contribution in [0, 0.1) is 5.82 Å². The molecule has 3 amide bonds. The molecule has 3 aromatic carbocycles. The van der Waals surface area contributed by atoms with E-state index < -0.39 is 0 Å². The predicted molar refractivity (Wildman–Crippen MR) is 147 cm³/mol. The Hall–Kier alpha value is -3.46. The molecule has 0 aliphatic carbocycles. The van der Waals surface area contributed by atoms with Gasteiger partial charge in [-0.2, -0.15) is 0 Å². The first-order valence-corrected chi connectivity index (χ1v) is 13.4. The lowest BCUT2D eigenvalue weighted by molar-refractivity contribution is -0.123. The van der Waals surface area contributed by atoms with Crippen molar-refractivity contribution in [3.63, 3.8) is 0 Å². The van der Waals surface area contributed by atoms with Crippen LogP contribution in [0.1, 0.15) is 27.0 Å². The Morgan fingerprint density at radius 1 is 0.895 bits per heavy atom.